The van der Waals surface area contributed by atoms with Gasteiger partial charge in [-0.3, -0.25) is 9.36 Å². The molecule has 0 saturated heterocycles. The first-order chi connectivity index (χ1) is 14.4. The number of carbonyl (C=O) groups is 1. The van der Waals surface area contributed by atoms with Crippen LogP contribution in [0, 0.1) is 12.7 Å². The highest BCUT2D eigenvalue weighted by atomic mass is 32.1. The third kappa shape index (κ3) is 3.54. The van der Waals surface area contributed by atoms with Crippen LogP contribution in [0.1, 0.15) is 36.0 Å². The summed E-state index contributed by atoms with van der Waals surface area (Å²) in [7, 11) is 0. The lowest BCUT2D eigenvalue weighted by Crippen LogP contribution is -2.39. The lowest BCUT2D eigenvalue weighted by Gasteiger charge is -2.24. The molecule has 2 aromatic heterocycles. The minimum Gasteiger partial charge on any atom is -0.463 e. The van der Waals surface area contributed by atoms with Crippen molar-refractivity contribution >= 4 is 34.7 Å². The van der Waals surface area contributed by atoms with Gasteiger partial charge in [0.05, 0.1) is 44.5 Å². The van der Waals surface area contributed by atoms with Crippen molar-refractivity contribution in [2.45, 2.75) is 26.8 Å². The Balaban J connectivity index is 1.97. The Hall–Kier alpha value is -2.91. The van der Waals surface area contributed by atoms with Gasteiger partial charge in [-0.15, -0.1) is 11.3 Å². The summed E-state index contributed by atoms with van der Waals surface area (Å²) >= 11 is 2.69. The Morgan fingerprint density at radius 2 is 2.03 bits per heavy atom. The smallest absolute Gasteiger partial charge is 0.338 e. The van der Waals surface area contributed by atoms with Gasteiger partial charge in [0.1, 0.15) is 5.82 Å². The van der Waals surface area contributed by atoms with Crippen LogP contribution in [0.15, 0.2) is 50.8 Å². The van der Waals surface area contributed by atoms with Gasteiger partial charge in [-0.05, 0) is 44.5 Å². The SMILES string of the molecule is CCOC(=O)C1=C(C)N=c2s/c(=C/c3scnc3C)c(=O)n2C1c1ccc(F)cc1. The van der Waals surface area contributed by atoms with Crippen molar-refractivity contribution in [3.8, 4) is 0 Å². The molecule has 1 atom stereocenters. The van der Waals surface area contributed by atoms with Gasteiger partial charge in [0, 0.05) is 0 Å². The van der Waals surface area contributed by atoms with Gasteiger partial charge in [-0.1, -0.05) is 23.5 Å². The maximum atomic E-state index is 13.5. The second-order valence-corrected chi connectivity index (χ2v) is 8.55. The summed E-state index contributed by atoms with van der Waals surface area (Å²) in [5.41, 5.74) is 3.65. The largest absolute Gasteiger partial charge is 0.463 e. The van der Waals surface area contributed by atoms with Crippen molar-refractivity contribution in [3.63, 3.8) is 0 Å². The number of esters is 1. The molecule has 0 spiro atoms. The number of aromatic nitrogens is 2. The standard InChI is InChI=1S/C21H18FN3O3S2/c1-4-28-20(27)17-12(3)24-21-25(18(17)13-5-7-14(22)8-6-13)19(26)16(30-21)9-15-11(2)23-10-29-15/h5-10,18H,4H2,1-3H3/b16-9+. The molecule has 0 radical (unpaired) electrons. The molecule has 4 rings (SSSR count). The van der Waals surface area contributed by atoms with E-state index in [1.165, 1.54) is 39.4 Å². The number of aryl methyl sites for hydroxylation is 1. The van der Waals surface area contributed by atoms with E-state index in [9.17, 15) is 14.0 Å². The van der Waals surface area contributed by atoms with Crippen LogP contribution in [0.4, 0.5) is 4.39 Å². The maximum absolute atomic E-state index is 13.5. The lowest BCUT2D eigenvalue weighted by atomic mass is 9.96. The topological polar surface area (TPSA) is 73.6 Å². The summed E-state index contributed by atoms with van der Waals surface area (Å²) in [5, 5.41) is 0. The number of hydrogen-bond donors (Lipinski definition) is 0. The Bertz CT molecular complexity index is 1330. The third-order valence-corrected chi connectivity index (χ3v) is 6.61. The highest BCUT2D eigenvalue weighted by molar-refractivity contribution is 7.11. The normalized spacial score (nSPS) is 16.4. The van der Waals surface area contributed by atoms with Gasteiger partial charge in [-0.25, -0.2) is 19.2 Å². The molecule has 9 heteroatoms. The second-order valence-electron chi connectivity index (χ2n) is 6.66. The van der Waals surface area contributed by atoms with Crippen LogP contribution in [0.5, 0.6) is 0 Å². The zero-order valence-electron chi connectivity index (χ0n) is 16.5. The quantitative estimate of drug-likeness (QED) is 0.581. The number of rotatable bonds is 4. The first-order valence-electron chi connectivity index (χ1n) is 9.26. The zero-order chi connectivity index (χ0) is 21.4. The summed E-state index contributed by atoms with van der Waals surface area (Å²) in [4.78, 5) is 36.2. The fourth-order valence-electron chi connectivity index (χ4n) is 3.32. The number of hydrogen-bond acceptors (Lipinski definition) is 7. The highest BCUT2D eigenvalue weighted by Crippen LogP contribution is 2.30. The Morgan fingerprint density at radius 1 is 1.30 bits per heavy atom. The predicted molar refractivity (Wildman–Crippen MR) is 114 cm³/mol. The van der Waals surface area contributed by atoms with Crippen molar-refractivity contribution in [2.24, 2.45) is 4.99 Å². The number of halogens is 1. The lowest BCUT2D eigenvalue weighted by molar-refractivity contribution is -0.139. The van der Waals surface area contributed by atoms with E-state index in [0.29, 0.717) is 20.6 Å². The van der Waals surface area contributed by atoms with E-state index in [1.807, 2.05) is 6.92 Å². The van der Waals surface area contributed by atoms with Crippen LogP contribution in [-0.4, -0.2) is 22.1 Å². The van der Waals surface area contributed by atoms with Crippen LogP contribution >= 0.6 is 22.7 Å². The number of ether oxygens (including phenoxy) is 1. The number of fused-ring (bicyclic) bond motifs is 1. The monoisotopic (exact) mass is 443 g/mol. The Kier molecular flexibility index (Phi) is 5.48. The van der Waals surface area contributed by atoms with Crippen molar-refractivity contribution in [1.29, 1.82) is 0 Å². The average molecular weight is 444 g/mol. The van der Waals surface area contributed by atoms with Crippen LogP contribution in [0.25, 0.3) is 6.08 Å². The number of nitrogens with zero attached hydrogens (tertiary/aromatic N) is 3. The molecular formula is C21H18FN3O3S2. The fourth-order valence-corrected chi connectivity index (χ4v) is 5.16. The maximum Gasteiger partial charge on any atom is 0.338 e. The molecule has 1 aromatic carbocycles. The highest BCUT2D eigenvalue weighted by Gasteiger charge is 2.33. The van der Waals surface area contributed by atoms with E-state index in [1.54, 1.807) is 37.6 Å². The molecule has 1 aliphatic rings. The zero-order valence-corrected chi connectivity index (χ0v) is 18.1. The molecule has 0 bridgehead atoms. The van der Waals surface area contributed by atoms with Crippen LogP contribution < -0.4 is 14.9 Å². The van der Waals surface area contributed by atoms with Crippen molar-refractivity contribution in [2.75, 3.05) is 6.61 Å². The predicted octanol–water partition coefficient (Wildman–Crippen LogP) is 2.70. The van der Waals surface area contributed by atoms with Crippen molar-refractivity contribution in [1.82, 2.24) is 9.55 Å². The molecule has 154 valence electrons. The molecule has 1 unspecified atom stereocenters. The minimum atomic E-state index is -0.745. The molecule has 3 aromatic rings. The molecule has 0 fully saturated rings. The molecule has 0 aliphatic carbocycles. The Morgan fingerprint density at radius 3 is 2.67 bits per heavy atom. The van der Waals surface area contributed by atoms with Gasteiger partial charge in [0.25, 0.3) is 5.56 Å². The van der Waals surface area contributed by atoms with Crippen molar-refractivity contribution < 1.29 is 13.9 Å². The molecule has 0 N–H and O–H groups in total. The van der Waals surface area contributed by atoms with E-state index >= 15 is 0 Å². The second kappa shape index (κ2) is 8.08. The average Bonchev–Trinajstić information content (AvgIpc) is 3.25. The Labute approximate surface area is 179 Å². The molecule has 6 nitrogen and oxygen atoms in total. The van der Waals surface area contributed by atoms with Gasteiger partial charge in [-0.2, -0.15) is 0 Å². The molecular weight excluding hydrogens is 425 g/mol. The number of thiazole rings is 2. The van der Waals surface area contributed by atoms with Gasteiger partial charge < -0.3 is 4.74 Å². The van der Waals surface area contributed by atoms with Crippen LogP contribution in [0.2, 0.25) is 0 Å². The van der Waals surface area contributed by atoms with E-state index in [-0.39, 0.29) is 17.7 Å². The molecule has 3 heterocycles. The van der Waals surface area contributed by atoms with E-state index in [2.05, 4.69) is 9.98 Å². The summed E-state index contributed by atoms with van der Waals surface area (Å²) in [5.74, 6) is -0.939. The van der Waals surface area contributed by atoms with Crippen molar-refractivity contribution in [3.05, 3.63) is 82.7 Å². The third-order valence-electron chi connectivity index (χ3n) is 4.75. The minimum absolute atomic E-state index is 0.195. The molecule has 0 saturated carbocycles. The van der Waals surface area contributed by atoms with Gasteiger partial charge in [0.15, 0.2) is 4.80 Å². The summed E-state index contributed by atoms with van der Waals surface area (Å²) in [6.45, 7) is 5.51. The first-order valence-corrected chi connectivity index (χ1v) is 11.0. The fraction of sp³-hybridized carbons (Fsp3) is 0.238. The summed E-state index contributed by atoms with van der Waals surface area (Å²) in [6, 6.07) is 5.02. The number of benzene rings is 1. The molecule has 30 heavy (non-hydrogen) atoms. The van der Waals surface area contributed by atoms with Crippen LogP contribution in [0.3, 0.4) is 0 Å². The van der Waals surface area contributed by atoms with E-state index in [4.69, 9.17) is 4.74 Å². The van der Waals surface area contributed by atoms with E-state index < -0.39 is 17.8 Å². The molecule has 0 amide bonds. The van der Waals surface area contributed by atoms with Crippen LogP contribution in [-0.2, 0) is 9.53 Å². The first kappa shape index (κ1) is 20.4. The molecule has 1 aliphatic heterocycles. The summed E-state index contributed by atoms with van der Waals surface area (Å²) in [6.07, 6.45) is 1.79. The number of allylic oxidation sites excluding steroid dienone is 1. The van der Waals surface area contributed by atoms with E-state index in [0.717, 1.165) is 10.6 Å². The number of carbonyl (C=O) groups excluding carboxylic acids is 1. The summed E-state index contributed by atoms with van der Waals surface area (Å²) < 4.78 is 20.7. The van der Waals surface area contributed by atoms with Gasteiger partial charge >= 0.3 is 5.97 Å². The van der Waals surface area contributed by atoms with Gasteiger partial charge in [0.2, 0.25) is 0 Å².